The van der Waals surface area contributed by atoms with Gasteiger partial charge >= 0.3 is 6.18 Å². The summed E-state index contributed by atoms with van der Waals surface area (Å²) in [4.78, 5) is 0. The Balaban J connectivity index is 1.35. The van der Waals surface area contributed by atoms with Gasteiger partial charge in [0.25, 0.3) is 12.0 Å². The molecule has 0 spiro atoms. The minimum Gasteiger partial charge on any atom is -0.471 e. The molecule has 7 heteroatoms. The maximum absolute atomic E-state index is 14.7. The molecule has 0 radical (unpaired) electrons. The predicted molar refractivity (Wildman–Crippen MR) is 120 cm³/mol. The molecular formula is C27H36F6O. The predicted octanol–water partition coefficient (Wildman–Crippen LogP) is 8.99. The van der Waals surface area contributed by atoms with E-state index >= 15 is 0 Å². The van der Waals surface area contributed by atoms with Crippen molar-refractivity contribution in [2.24, 2.45) is 17.8 Å². The lowest BCUT2D eigenvalue weighted by molar-refractivity contribution is -0.265. The molecule has 3 aliphatic rings. The second-order valence-corrected chi connectivity index (χ2v) is 10.9. The molecule has 1 heterocycles. The van der Waals surface area contributed by atoms with Gasteiger partial charge in [0.1, 0.15) is 0 Å². The van der Waals surface area contributed by atoms with Gasteiger partial charge in [-0.25, -0.2) is 13.2 Å². The summed E-state index contributed by atoms with van der Waals surface area (Å²) < 4.78 is 86.4. The lowest BCUT2D eigenvalue weighted by atomic mass is 9.68. The van der Waals surface area contributed by atoms with Crippen molar-refractivity contribution in [2.75, 3.05) is 0 Å². The van der Waals surface area contributed by atoms with E-state index in [1.165, 1.54) is 63.5 Å². The summed E-state index contributed by atoms with van der Waals surface area (Å²) in [6.45, 7) is 2.23. The fraction of sp³-hybridized carbons (Fsp3) is 0.778. The Morgan fingerprint density at radius 3 is 2.12 bits per heavy atom. The average molecular weight is 491 g/mol. The zero-order valence-electron chi connectivity index (χ0n) is 19.9. The third-order valence-electron chi connectivity index (χ3n) is 8.50. The molecule has 1 unspecified atom stereocenters. The van der Waals surface area contributed by atoms with Gasteiger partial charge in [0.05, 0.1) is 0 Å². The number of hydrogen-bond donors (Lipinski definition) is 0. The van der Waals surface area contributed by atoms with E-state index in [1.54, 1.807) is 0 Å². The van der Waals surface area contributed by atoms with Gasteiger partial charge in [-0.05, 0) is 73.8 Å². The minimum atomic E-state index is -5.26. The lowest BCUT2D eigenvalue weighted by Gasteiger charge is -2.38. The normalized spacial score (nSPS) is 31.6. The van der Waals surface area contributed by atoms with Crippen LogP contribution in [0.1, 0.15) is 101 Å². The van der Waals surface area contributed by atoms with Crippen molar-refractivity contribution >= 4 is 0 Å². The molecule has 0 bridgehead atoms. The molecule has 1 aromatic rings. The molecule has 1 atom stereocenters. The Morgan fingerprint density at radius 2 is 1.53 bits per heavy atom. The highest BCUT2D eigenvalue weighted by atomic mass is 19.4. The molecule has 1 aromatic carbocycles. The van der Waals surface area contributed by atoms with Crippen LogP contribution in [-0.4, -0.2) is 18.2 Å². The first-order valence-corrected chi connectivity index (χ1v) is 13.0. The highest BCUT2D eigenvalue weighted by molar-refractivity contribution is 5.43. The third kappa shape index (κ3) is 5.70. The quantitative estimate of drug-likeness (QED) is 0.286. The van der Waals surface area contributed by atoms with Gasteiger partial charge in [0.2, 0.25) is 0 Å². The second kappa shape index (κ2) is 10.3. The second-order valence-electron chi connectivity index (χ2n) is 10.9. The van der Waals surface area contributed by atoms with E-state index in [4.69, 9.17) is 0 Å². The molecule has 0 N–H and O–H groups in total. The number of fused-ring (bicyclic) bond motifs is 1. The highest BCUT2D eigenvalue weighted by Gasteiger charge is 2.60. The highest BCUT2D eigenvalue weighted by Crippen LogP contribution is 2.48. The molecule has 1 aliphatic heterocycles. The van der Waals surface area contributed by atoms with E-state index in [-0.39, 0.29) is 11.5 Å². The smallest absolute Gasteiger partial charge is 0.431 e. The topological polar surface area (TPSA) is 9.23 Å². The molecule has 4 rings (SSSR count). The fourth-order valence-corrected chi connectivity index (χ4v) is 6.58. The van der Waals surface area contributed by atoms with Gasteiger partial charge in [-0.2, -0.15) is 13.2 Å². The molecular weight excluding hydrogens is 454 g/mol. The Kier molecular flexibility index (Phi) is 7.78. The third-order valence-corrected chi connectivity index (χ3v) is 8.50. The molecule has 192 valence electrons. The standard InChI is InChI=1S/C27H36F6O/c1-2-3-4-5-17-6-8-18(9-7-17)19-10-12-20(13-11-19)21-14-22-16-26(29,30)25(27(31,32)33)34-24(22)23(28)15-21/h14-15,17-20,25H,2-13,16H2,1H3. The summed E-state index contributed by atoms with van der Waals surface area (Å²) in [6, 6.07) is 2.65. The maximum Gasteiger partial charge on any atom is 0.431 e. The Bertz CT molecular complexity index is 819. The number of benzene rings is 1. The van der Waals surface area contributed by atoms with Crippen molar-refractivity contribution in [3.8, 4) is 5.75 Å². The largest absolute Gasteiger partial charge is 0.471 e. The summed E-state index contributed by atoms with van der Waals surface area (Å²) in [7, 11) is 0. The van der Waals surface area contributed by atoms with Crippen LogP contribution in [0.15, 0.2) is 12.1 Å². The fourth-order valence-electron chi connectivity index (χ4n) is 6.58. The van der Waals surface area contributed by atoms with Crippen LogP contribution in [0.4, 0.5) is 26.3 Å². The molecule has 2 aliphatic carbocycles. The zero-order valence-corrected chi connectivity index (χ0v) is 19.9. The number of alkyl halides is 5. The van der Waals surface area contributed by atoms with Crippen molar-refractivity contribution in [3.63, 3.8) is 0 Å². The lowest BCUT2D eigenvalue weighted by Crippen LogP contribution is -2.52. The SMILES string of the molecule is CCCCCC1CCC(C2CCC(c3cc(F)c4c(c3)CC(F)(F)C(C(F)(F)F)O4)CC2)CC1. The molecule has 2 fully saturated rings. The van der Waals surface area contributed by atoms with Crippen LogP contribution in [0.5, 0.6) is 5.75 Å². The van der Waals surface area contributed by atoms with Crippen LogP contribution in [0.2, 0.25) is 0 Å². The Labute approximate surface area is 198 Å². The van der Waals surface area contributed by atoms with Crippen LogP contribution >= 0.6 is 0 Å². The van der Waals surface area contributed by atoms with Gasteiger partial charge in [0, 0.05) is 12.0 Å². The zero-order chi connectivity index (χ0) is 24.5. The average Bonchev–Trinajstić information content (AvgIpc) is 2.78. The minimum absolute atomic E-state index is 0.0513. The van der Waals surface area contributed by atoms with E-state index in [0.29, 0.717) is 11.5 Å². The number of unbranched alkanes of at least 4 members (excludes halogenated alkanes) is 2. The molecule has 34 heavy (non-hydrogen) atoms. The van der Waals surface area contributed by atoms with Crippen molar-refractivity contribution in [1.29, 1.82) is 0 Å². The van der Waals surface area contributed by atoms with E-state index in [2.05, 4.69) is 11.7 Å². The monoisotopic (exact) mass is 490 g/mol. The van der Waals surface area contributed by atoms with Crippen molar-refractivity contribution < 1.29 is 31.1 Å². The van der Waals surface area contributed by atoms with Gasteiger partial charge < -0.3 is 4.74 Å². The number of ether oxygens (including phenoxy) is 1. The molecule has 0 saturated heterocycles. The van der Waals surface area contributed by atoms with Gasteiger partial charge in [-0.1, -0.05) is 51.5 Å². The van der Waals surface area contributed by atoms with Crippen molar-refractivity contribution in [2.45, 2.75) is 115 Å². The van der Waals surface area contributed by atoms with Crippen LogP contribution in [0.25, 0.3) is 0 Å². The molecule has 0 amide bonds. The number of rotatable bonds is 6. The van der Waals surface area contributed by atoms with Crippen LogP contribution < -0.4 is 4.74 Å². The summed E-state index contributed by atoms with van der Waals surface area (Å²) in [6.07, 6.45) is 4.53. The maximum atomic E-state index is 14.7. The van der Waals surface area contributed by atoms with E-state index in [9.17, 15) is 26.3 Å². The summed E-state index contributed by atoms with van der Waals surface area (Å²) in [5, 5.41) is 0. The Hall–Kier alpha value is -1.40. The Morgan fingerprint density at radius 1 is 0.912 bits per heavy atom. The van der Waals surface area contributed by atoms with Gasteiger partial charge in [0.15, 0.2) is 11.6 Å². The van der Waals surface area contributed by atoms with E-state index in [1.807, 2.05) is 0 Å². The van der Waals surface area contributed by atoms with Gasteiger partial charge in [-0.3, -0.25) is 0 Å². The van der Waals surface area contributed by atoms with Gasteiger partial charge in [-0.15, -0.1) is 0 Å². The summed E-state index contributed by atoms with van der Waals surface area (Å²) >= 11 is 0. The van der Waals surface area contributed by atoms with Crippen LogP contribution in [0, 0.1) is 23.6 Å². The molecule has 0 aromatic heterocycles. The molecule has 1 nitrogen and oxygen atoms in total. The summed E-state index contributed by atoms with van der Waals surface area (Å²) in [5.74, 6) is -3.44. The first kappa shape index (κ1) is 25.7. The van der Waals surface area contributed by atoms with Crippen LogP contribution in [0.3, 0.4) is 0 Å². The van der Waals surface area contributed by atoms with Crippen molar-refractivity contribution in [1.82, 2.24) is 0 Å². The van der Waals surface area contributed by atoms with Crippen molar-refractivity contribution in [3.05, 3.63) is 29.1 Å². The van der Waals surface area contributed by atoms with Crippen LogP contribution in [-0.2, 0) is 6.42 Å². The summed E-state index contributed by atoms with van der Waals surface area (Å²) in [5.41, 5.74) is 0.447. The molecule has 2 saturated carbocycles. The van der Waals surface area contributed by atoms with E-state index < -0.39 is 36.2 Å². The first-order chi connectivity index (χ1) is 16.1. The number of hydrogen-bond acceptors (Lipinski definition) is 1. The first-order valence-electron chi connectivity index (χ1n) is 13.0. The number of halogens is 6. The van der Waals surface area contributed by atoms with E-state index in [0.717, 1.165) is 37.5 Å².